The lowest BCUT2D eigenvalue weighted by atomic mass is 10.0. The fourth-order valence-electron chi connectivity index (χ4n) is 4.42. The number of hydrogen-bond acceptors (Lipinski definition) is 5. The van der Waals surface area contributed by atoms with Crippen molar-refractivity contribution < 1.29 is 23.5 Å². The maximum absolute atomic E-state index is 14.0. The van der Waals surface area contributed by atoms with Crippen LogP contribution in [0.5, 0.6) is 0 Å². The number of benzene rings is 2. The lowest BCUT2D eigenvalue weighted by Crippen LogP contribution is -2.32. The van der Waals surface area contributed by atoms with Gasteiger partial charge in [-0.1, -0.05) is 30.3 Å². The van der Waals surface area contributed by atoms with Gasteiger partial charge in [-0.05, 0) is 60.7 Å². The lowest BCUT2D eigenvalue weighted by Gasteiger charge is -2.25. The minimum Gasteiger partial charge on any atom is -0.478 e. The van der Waals surface area contributed by atoms with Crippen LogP contribution in [0.4, 0.5) is 10.1 Å². The van der Waals surface area contributed by atoms with E-state index in [4.69, 9.17) is 16.6 Å². The average Bonchev–Trinajstić information content (AvgIpc) is 3.54. The fourth-order valence-corrected chi connectivity index (χ4v) is 4.76. The highest BCUT2D eigenvalue weighted by atomic mass is 32.1. The summed E-state index contributed by atoms with van der Waals surface area (Å²) in [6, 6.07) is 20.8. The largest absolute Gasteiger partial charge is 0.478 e. The second-order valence-electron chi connectivity index (χ2n) is 8.69. The molecule has 0 unspecified atom stereocenters. The third-order valence-corrected chi connectivity index (χ3v) is 6.59. The Morgan fingerprint density at radius 3 is 2.66 bits per heavy atom. The first-order valence-electron chi connectivity index (χ1n) is 11.9. The third-order valence-electron chi connectivity index (χ3n) is 6.24. The Morgan fingerprint density at radius 2 is 1.89 bits per heavy atom. The van der Waals surface area contributed by atoms with E-state index in [1.165, 1.54) is 18.2 Å². The summed E-state index contributed by atoms with van der Waals surface area (Å²) in [5.41, 5.74) is 1.62. The molecule has 5 rings (SSSR count). The minimum atomic E-state index is -1.03. The van der Waals surface area contributed by atoms with E-state index in [0.29, 0.717) is 22.2 Å². The van der Waals surface area contributed by atoms with Crippen molar-refractivity contribution in [2.75, 3.05) is 11.9 Å². The Labute approximate surface area is 223 Å². The summed E-state index contributed by atoms with van der Waals surface area (Å²) in [5.74, 6) is -0.832. The Morgan fingerprint density at radius 1 is 1.08 bits per heavy atom. The summed E-state index contributed by atoms with van der Waals surface area (Å²) in [5, 5.41) is 15.7. The number of rotatable bonds is 8. The highest BCUT2D eigenvalue weighted by Gasteiger charge is 2.41. The van der Waals surface area contributed by atoms with Crippen LogP contribution < -0.4 is 10.6 Å². The van der Waals surface area contributed by atoms with Gasteiger partial charge in [-0.15, -0.1) is 0 Å². The van der Waals surface area contributed by atoms with E-state index in [1.54, 1.807) is 42.6 Å². The summed E-state index contributed by atoms with van der Waals surface area (Å²) in [4.78, 5) is 30.4. The summed E-state index contributed by atoms with van der Waals surface area (Å²) in [6.45, 7) is 0.241. The molecule has 8 nitrogen and oxygen atoms in total. The molecule has 0 spiro atoms. The summed E-state index contributed by atoms with van der Waals surface area (Å²) in [6.07, 6.45) is 1.74. The summed E-state index contributed by atoms with van der Waals surface area (Å²) >= 11 is 5.63. The van der Waals surface area contributed by atoms with Gasteiger partial charge in [-0.3, -0.25) is 9.78 Å². The molecule has 1 aliphatic heterocycles. The number of anilines is 1. The Hall–Kier alpha value is -4.57. The number of para-hydroxylation sites is 1. The predicted octanol–water partition coefficient (Wildman–Crippen LogP) is 5.18. The van der Waals surface area contributed by atoms with Crippen molar-refractivity contribution in [2.45, 2.75) is 18.5 Å². The number of aromatic carboxylic acids is 1. The van der Waals surface area contributed by atoms with Crippen LogP contribution in [0.2, 0.25) is 0 Å². The maximum atomic E-state index is 14.0. The van der Waals surface area contributed by atoms with Gasteiger partial charge in [-0.2, -0.15) is 0 Å². The standard InChI is InChI=1S/C28H23FN4O4S/c29-19-8-1-2-9-20(19)31-24(34)13-15-33-26(25(32-28(33)38)21-10-3-4-14-30-21)23-12-11-22(37-23)17-6-5-7-18(16-17)27(35)36/h1-12,14,16,25-26H,13,15H2,(H,31,34)(H,32,38)(H,35,36)/t25-,26-/m1/s1. The van der Waals surface area contributed by atoms with Crippen LogP contribution >= 0.6 is 12.2 Å². The number of thiocarbonyl (C=S) groups is 1. The van der Waals surface area contributed by atoms with Gasteiger partial charge >= 0.3 is 5.97 Å². The zero-order chi connectivity index (χ0) is 26.6. The number of aromatic nitrogens is 1. The van der Waals surface area contributed by atoms with Crippen LogP contribution in [0.1, 0.15) is 40.3 Å². The van der Waals surface area contributed by atoms with E-state index in [2.05, 4.69) is 15.6 Å². The first-order chi connectivity index (χ1) is 18.4. The molecule has 4 aromatic rings. The number of furan rings is 1. The Balaban J connectivity index is 1.41. The van der Waals surface area contributed by atoms with Crippen LogP contribution in [0.15, 0.2) is 89.5 Å². The molecule has 2 aromatic carbocycles. The molecular formula is C28H23FN4O4S. The van der Waals surface area contributed by atoms with Crippen molar-refractivity contribution in [3.8, 4) is 11.3 Å². The van der Waals surface area contributed by atoms with Gasteiger partial charge in [0.1, 0.15) is 23.4 Å². The smallest absolute Gasteiger partial charge is 0.335 e. The SMILES string of the molecule is O=C(CCN1C(=S)N[C@H](c2ccccn2)[C@H]1c1ccc(-c2cccc(C(=O)O)c2)o1)Nc1ccccc1F. The van der Waals surface area contributed by atoms with Gasteiger partial charge in [0.2, 0.25) is 5.91 Å². The molecule has 1 fully saturated rings. The molecule has 2 atom stereocenters. The molecule has 192 valence electrons. The van der Waals surface area contributed by atoms with Gasteiger partial charge < -0.3 is 25.1 Å². The molecule has 3 N–H and O–H groups in total. The average molecular weight is 531 g/mol. The number of carboxylic acids is 1. The minimum absolute atomic E-state index is 0.0514. The highest BCUT2D eigenvalue weighted by Crippen LogP contribution is 2.40. The molecule has 3 heterocycles. The molecule has 1 saturated heterocycles. The number of nitrogens with zero attached hydrogens (tertiary/aromatic N) is 2. The number of carbonyl (C=O) groups is 2. The van der Waals surface area contributed by atoms with E-state index in [1.807, 2.05) is 29.2 Å². The normalized spacial score (nSPS) is 16.8. The topological polar surface area (TPSA) is 108 Å². The molecule has 1 amide bonds. The van der Waals surface area contributed by atoms with Crippen molar-refractivity contribution >= 4 is 34.9 Å². The summed E-state index contributed by atoms with van der Waals surface area (Å²) < 4.78 is 20.2. The van der Waals surface area contributed by atoms with Crippen LogP contribution in [0.25, 0.3) is 11.3 Å². The van der Waals surface area contributed by atoms with Crippen molar-refractivity contribution in [2.24, 2.45) is 0 Å². The van der Waals surface area contributed by atoms with Crippen LogP contribution in [-0.2, 0) is 4.79 Å². The van der Waals surface area contributed by atoms with Gasteiger partial charge in [0.05, 0.1) is 23.0 Å². The Kier molecular flexibility index (Phi) is 7.14. The monoisotopic (exact) mass is 530 g/mol. The molecule has 0 radical (unpaired) electrons. The molecule has 10 heteroatoms. The first kappa shape index (κ1) is 25.1. The van der Waals surface area contributed by atoms with Crippen LogP contribution in [0, 0.1) is 5.82 Å². The van der Waals surface area contributed by atoms with Crippen molar-refractivity contribution in [1.29, 1.82) is 0 Å². The molecule has 0 aliphatic carbocycles. The fraction of sp³-hybridized carbons (Fsp3) is 0.143. The van der Waals surface area contributed by atoms with Crippen molar-refractivity contribution in [1.82, 2.24) is 15.2 Å². The molecule has 2 aromatic heterocycles. The molecular weight excluding hydrogens is 507 g/mol. The van der Waals surface area contributed by atoms with E-state index in [0.717, 1.165) is 5.69 Å². The second kappa shape index (κ2) is 10.8. The number of amides is 1. The first-order valence-corrected chi connectivity index (χ1v) is 12.3. The highest BCUT2D eigenvalue weighted by molar-refractivity contribution is 7.80. The Bertz CT molecular complexity index is 1490. The van der Waals surface area contributed by atoms with Crippen molar-refractivity contribution in [3.63, 3.8) is 0 Å². The number of carbonyl (C=O) groups excluding carboxylic acids is 1. The van der Waals surface area contributed by atoms with Crippen LogP contribution in [-0.4, -0.2) is 38.5 Å². The third kappa shape index (κ3) is 5.25. The molecule has 0 bridgehead atoms. The van der Waals surface area contributed by atoms with E-state index < -0.39 is 17.8 Å². The zero-order valence-corrected chi connectivity index (χ0v) is 20.8. The summed E-state index contributed by atoms with van der Waals surface area (Å²) in [7, 11) is 0. The lowest BCUT2D eigenvalue weighted by molar-refractivity contribution is -0.116. The number of nitrogens with one attached hydrogen (secondary N) is 2. The van der Waals surface area contributed by atoms with E-state index in [9.17, 15) is 19.1 Å². The number of pyridine rings is 1. The number of halogens is 1. The van der Waals surface area contributed by atoms with Gasteiger partial charge in [0.15, 0.2) is 5.11 Å². The van der Waals surface area contributed by atoms with E-state index >= 15 is 0 Å². The molecule has 38 heavy (non-hydrogen) atoms. The molecule has 1 aliphatic rings. The molecule has 0 saturated carbocycles. The number of carboxylic acid groups (broad SMARTS) is 1. The quantitative estimate of drug-likeness (QED) is 0.268. The van der Waals surface area contributed by atoms with E-state index in [-0.39, 0.29) is 36.2 Å². The number of hydrogen-bond donors (Lipinski definition) is 3. The van der Waals surface area contributed by atoms with Gasteiger partial charge in [-0.25, -0.2) is 9.18 Å². The van der Waals surface area contributed by atoms with Gasteiger partial charge in [0.25, 0.3) is 0 Å². The predicted molar refractivity (Wildman–Crippen MR) is 143 cm³/mol. The van der Waals surface area contributed by atoms with Crippen LogP contribution in [0.3, 0.4) is 0 Å². The van der Waals surface area contributed by atoms with Crippen molar-refractivity contribution in [3.05, 3.63) is 108 Å². The second-order valence-corrected chi connectivity index (χ2v) is 9.07. The maximum Gasteiger partial charge on any atom is 0.335 e. The van der Waals surface area contributed by atoms with Gasteiger partial charge in [0, 0.05) is 24.7 Å². The zero-order valence-electron chi connectivity index (χ0n) is 20.0.